The molecule has 0 bridgehead atoms. The van der Waals surface area contributed by atoms with Crippen LogP contribution in [0.25, 0.3) is 11.3 Å². The average Bonchev–Trinajstić information content (AvgIpc) is 2.97. The van der Waals surface area contributed by atoms with Crippen molar-refractivity contribution in [1.29, 1.82) is 5.26 Å². The number of anilines is 2. The smallest absolute Gasteiger partial charge is 0.259 e. The molecule has 2 aliphatic rings. The molecule has 2 aliphatic heterocycles. The molecule has 5 rings (SSSR count). The highest BCUT2D eigenvalue weighted by atomic mass is 16.5. The van der Waals surface area contributed by atoms with E-state index in [1.807, 2.05) is 6.07 Å². The maximum Gasteiger partial charge on any atom is 0.259 e. The second-order valence-electron chi connectivity index (χ2n) is 8.97. The van der Waals surface area contributed by atoms with Crippen molar-refractivity contribution in [1.82, 2.24) is 25.2 Å². The normalized spacial score (nSPS) is 15.7. The number of nitrogens with zero attached hydrogens (tertiary/aromatic N) is 5. The van der Waals surface area contributed by atoms with Crippen LogP contribution in [0.15, 0.2) is 42.6 Å². The number of pyridine rings is 1. The Hall–Kier alpha value is -4.76. The second kappa shape index (κ2) is 11.7. The van der Waals surface area contributed by atoms with Gasteiger partial charge in [-0.2, -0.15) is 10.2 Å². The van der Waals surface area contributed by atoms with Crippen molar-refractivity contribution in [3.8, 4) is 29.0 Å². The Morgan fingerprint density at radius 2 is 2.05 bits per heavy atom. The number of methoxy groups -OCH3 is 1. The van der Waals surface area contributed by atoms with Gasteiger partial charge in [-0.3, -0.25) is 9.59 Å². The molecule has 0 atom stereocenters. The third-order valence-corrected chi connectivity index (χ3v) is 6.36. The summed E-state index contributed by atoms with van der Waals surface area (Å²) < 4.78 is 16.8. The highest BCUT2D eigenvalue weighted by Gasteiger charge is 2.25. The molecular weight excluding hydrogens is 502 g/mol. The number of hydrogen-bond acceptors (Lipinski definition) is 10. The maximum atomic E-state index is 12.9. The van der Waals surface area contributed by atoms with Gasteiger partial charge < -0.3 is 29.7 Å². The van der Waals surface area contributed by atoms with Crippen LogP contribution in [0.3, 0.4) is 0 Å². The lowest BCUT2D eigenvalue weighted by molar-refractivity contribution is -0.123. The topological polar surface area (TPSA) is 152 Å². The number of nitriles is 1. The van der Waals surface area contributed by atoms with Crippen LogP contribution in [0.4, 0.5) is 11.8 Å². The van der Waals surface area contributed by atoms with Gasteiger partial charge in [0.2, 0.25) is 17.7 Å². The molecule has 2 fully saturated rings. The van der Waals surface area contributed by atoms with E-state index in [4.69, 9.17) is 14.2 Å². The molecule has 12 heteroatoms. The van der Waals surface area contributed by atoms with Gasteiger partial charge in [0.05, 0.1) is 38.1 Å². The van der Waals surface area contributed by atoms with Gasteiger partial charge in [-0.1, -0.05) is 0 Å². The molecule has 39 heavy (non-hydrogen) atoms. The van der Waals surface area contributed by atoms with Crippen LogP contribution in [-0.4, -0.2) is 77.7 Å². The van der Waals surface area contributed by atoms with Crippen molar-refractivity contribution >= 4 is 23.6 Å². The molecule has 0 radical (unpaired) electrons. The Morgan fingerprint density at radius 1 is 1.21 bits per heavy atom. The second-order valence-corrected chi connectivity index (χ2v) is 8.97. The SMILES string of the molecule is COc1nc(Nc2nccc(-c3ccc(OC4CCOCC4)c(C#N)c3)n2)ccc1C(=O)N1CCNC(=O)C1. The third kappa shape index (κ3) is 6.05. The fraction of sp³-hybridized carbons (Fsp3) is 0.333. The summed E-state index contributed by atoms with van der Waals surface area (Å²) in [5.74, 6) is 0.754. The Balaban J connectivity index is 1.32. The number of carbonyl (C=O) groups excluding carboxylic acids is 2. The molecule has 0 unspecified atom stereocenters. The van der Waals surface area contributed by atoms with Crippen LogP contribution in [0.5, 0.6) is 11.6 Å². The molecule has 0 spiro atoms. The van der Waals surface area contributed by atoms with E-state index in [0.29, 0.717) is 49.1 Å². The summed E-state index contributed by atoms with van der Waals surface area (Å²) in [5.41, 5.74) is 2.00. The van der Waals surface area contributed by atoms with E-state index in [-0.39, 0.29) is 41.9 Å². The molecule has 2 aromatic heterocycles. The van der Waals surface area contributed by atoms with Gasteiger partial charge in [-0.25, -0.2) is 9.97 Å². The fourth-order valence-corrected chi connectivity index (χ4v) is 4.36. The number of amides is 2. The van der Waals surface area contributed by atoms with Crippen molar-refractivity contribution in [3.05, 3.63) is 53.7 Å². The van der Waals surface area contributed by atoms with Gasteiger partial charge in [0, 0.05) is 37.7 Å². The van der Waals surface area contributed by atoms with Crippen molar-refractivity contribution < 1.29 is 23.8 Å². The molecule has 3 aromatic rings. The van der Waals surface area contributed by atoms with Gasteiger partial charge in [0.1, 0.15) is 29.3 Å². The first-order valence-corrected chi connectivity index (χ1v) is 12.5. The number of ether oxygens (including phenoxy) is 3. The van der Waals surface area contributed by atoms with E-state index in [9.17, 15) is 14.9 Å². The number of aromatic nitrogens is 3. The van der Waals surface area contributed by atoms with Crippen LogP contribution in [0.1, 0.15) is 28.8 Å². The van der Waals surface area contributed by atoms with E-state index in [1.165, 1.54) is 12.0 Å². The number of rotatable bonds is 7. The monoisotopic (exact) mass is 529 g/mol. The molecule has 0 aliphatic carbocycles. The summed E-state index contributed by atoms with van der Waals surface area (Å²) in [6.07, 6.45) is 3.20. The lowest BCUT2D eigenvalue weighted by Crippen LogP contribution is -2.50. The zero-order valence-electron chi connectivity index (χ0n) is 21.3. The molecule has 200 valence electrons. The predicted molar refractivity (Wildman–Crippen MR) is 140 cm³/mol. The van der Waals surface area contributed by atoms with E-state index in [2.05, 4.69) is 31.7 Å². The molecule has 2 saturated heterocycles. The largest absolute Gasteiger partial charge is 0.489 e. The van der Waals surface area contributed by atoms with Crippen LogP contribution >= 0.6 is 0 Å². The first kappa shape index (κ1) is 25.9. The van der Waals surface area contributed by atoms with Crippen LogP contribution in [0.2, 0.25) is 0 Å². The minimum Gasteiger partial charge on any atom is -0.489 e. The summed E-state index contributed by atoms with van der Waals surface area (Å²) in [4.78, 5) is 39.3. The van der Waals surface area contributed by atoms with Crippen molar-refractivity contribution in [2.75, 3.05) is 45.3 Å². The summed E-state index contributed by atoms with van der Waals surface area (Å²) in [5, 5.41) is 15.4. The molecule has 2 N–H and O–H groups in total. The fourth-order valence-electron chi connectivity index (χ4n) is 4.36. The molecule has 12 nitrogen and oxygen atoms in total. The van der Waals surface area contributed by atoms with Gasteiger partial charge in [0.15, 0.2) is 0 Å². The van der Waals surface area contributed by atoms with Crippen LogP contribution < -0.4 is 20.1 Å². The lowest BCUT2D eigenvalue weighted by atomic mass is 10.1. The Morgan fingerprint density at radius 3 is 2.82 bits per heavy atom. The van der Waals surface area contributed by atoms with Crippen molar-refractivity contribution in [2.24, 2.45) is 0 Å². The standard InChI is InChI=1S/C27H27N7O5/c1-37-25-20(26(36)34-11-10-29-24(35)16-34)3-5-23(32-25)33-27-30-9-6-21(31-27)17-2-4-22(18(14-17)15-28)39-19-7-12-38-13-8-19/h2-6,9,14,19H,7-8,10-13,16H2,1H3,(H,29,35)(H,30,31,32,33). The minimum atomic E-state index is -0.337. The van der Waals surface area contributed by atoms with Gasteiger partial charge in [-0.15, -0.1) is 0 Å². The van der Waals surface area contributed by atoms with Crippen molar-refractivity contribution in [3.63, 3.8) is 0 Å². The van der Waals surface area contributed by atoms with E-state index in [0.717, 1.165) is 18.4 Å². The van der Waals surface area contributed by atoms with E-state index in [1.54, 1.807) is 36.5 Å². The van der Waals surface area contributed by atoms with Gasteiger partial charge in [0.25, 0.3) is 5.91 Å². The average molecular weight is 530 g/mol. The van der Waals surface area contributed by atoms with E-state index < -0.39 is 0 Å². The highest BCUT2D eigenvalue weighted by Crippen LogP contribution is 2.28. The molecule has 2 amide bonds. The van der Waals surface area contributed by atoms with Crippen LogP contribution in [-0.2, 0) is 9.53 Å². The zero-order valence-corrected chi connectivity index (χ0v) is 21.3. The molecule has 4 heterocycles. The summed E-state index contributed by atoms with van der Waals surface area (Å²) in [6.45, 7) is 2.09. The summed E-state index contributed by atoms with van der Waals surface area (Å²) in [6, 6.07) is 12.5. The maximum absolute atomic E-state index is 12.9. The van der Waals surface area contributed by atoms with Crippen LogP contribution in [0, 0.1) is 11.3 Å². The molecule has 0 saturated carbocycles. The molecular formula is C27H27N7O5. The lowest BCUT2D eigenvalue weighted by Gasteiger charge is -2.27. The minimum absolute atomic E-state index is 0.0151. The number of hydrogen-bond donors (Lipinski definition) is 2. The first-order chi connectivity index (χ1) is 19.0. The summed E-state index contributed by atoms with van der Waals surface area (Å²) in [7, 11) is 1.42. The predicted octanol–water partition coefficient (Wildman–Crippen LogP) is 2.29. The zero-order chi connectivity index (χ0) is 27.2. The highest BCUT2D eigenvalue weighted by molar-refractivity contribution is 5.99. The molecule has 1 aromatic carbocycles. The van der Waals surface area contributed by atoms with Gasteiger partial charge in [-0.05, 0) is 36.4 Å². The quantitative estimate of drug-likeness (QED) is 0.466. The van der Waals surface area contributed by atoms with Gasteiger partial charge >= 0.3 is 0 Å². The Kier molecular flexibility index (Phi) is 7.79. The number of carbonyl (C=O) groups is 2. The first-order valence-electron chi connectivity index (χ1n) is 12.5. The Bertz CT molecular complexity index is 1420. The Labute approximate surface area is 224 Å². The number of benzene rings is 1. The van der Waals surface area contributed by atoms with E-state index >= 15 is 0 Å². The third-order valence-electron chi connectivity index (χ3n) is 6.36. The summed E-state index contributed by atoms with van der Waals surface area (Å²) >= 11 is 0. The van der Waals surface area contributed by atoms with Crippen molar-refractivity contribution in [2.45, 2.75) is 18.9 Å². The number of nitrogens with one attached hydrogen (secondary N) is 2. The number of piperazine rings is 1.